The molecule has 0 saturated heterocycles. The first-order valence-corrected chi connectivity index (χ1v) is 3.18. The zero-order valence-corrected chi connectivity index (χ0v) is 6.56. The molecule has 0 aliphatic rings. The highest BCUT2D eigenvalue weighted by Gasteiger charge is 2.04. The molecule has 0 aromatic carbocycles. The van der Waals surface area contributed by atoms with Crippen molar-refractivity contribution in [3.05, 3.63) is 59.0 Å². The number of hydrogen-bond donors (Lipinski definition) is 1. The Labute approximate surface area is 70.5 Å². The Balaban J connectivity index is 4.78. The zero-order chi connectivity index (χ0) is 9.56. The molecule has 2 N–H and O–H groups in total. The van der Waals surface area contributed by atoms with Gasteiger partial charge in [0.15, 0.2) is 0 Å². The van der Waals surface area contributed by atoms with Crippen LogP contribution in [0.3, 0.4) is 0 Å². The van der Waals surface area contributed by atoms with Gasteiger partial charge >= 0.3 is 0 Å². The Morgan fingerprint density at radius 1 is 1.50 bits per heavy atom. The van der Waals surface area contributed by atoms with Crippen molar-refractivity contribution in [1.82, 2.24) is 0 Å². The molecular formula is C8H10N2O2. The van der Waals surface area contributed by atoms with Crippen molar-refractivity contribution in [3.8, 4) is 0 Å². The van der Waals surface area contributed by atoms with Gasteiger partial charge in [0.25, 0.3) is 5.70 Å². The minimum Gasteiger partial charge on any atom is -0.399 e. The molecule has 4 heteroatoms. The van der Waals surface area contributed by atoms with E-state index in [1.54, 1.807) is 0 Å². The van der Waals surface area contributed by atoms with Crippen LogP contribution < -0.4 is 5.73 Å². The fourth-order valence-corrected chi connectivity index (χ4v) is 0.512. The summed E-state index contributed by atoms with van der Waals surface area (Å²) in [6.07, 6.45) is 5.14. The second-order valence-corrected chi connectivity index (χ2v) is 1.93. The number of nitro groups is 1. The first kappa shape index (κ1) is 10.2. The standard InChI is InChI=1S/C8H10N2O2/c1-3-5-8(10(11)12)6-7(9)4-2/h3-6H,1-2,9H2/b7-6+,8-5+. The fraction of sp³-hybridized carbons (Fsp3) is 0. The maximum absolute atomic E-state index is 10.3. The smallest absolute Gasteiger partial charge is 0.271 e. The van der Waals surface area contributed by atoms with Crippen LogP contribution in [0.4, 0.5) is 0 Å². The highest BCUT2D eigenvalue weighted by molar-refractivity contribution is 5.24. The molecule has 0 atom stereocenters. The van der Waals surface area contributed by atoms with Crippen molar-refractivity contribution in [2.75, 3.05) is 0 Å². The molecule has 0 aromatic heterocycles. The van der Waals surface area contributed by atoms with Gasteiger partial charge in [-0.1, -0.05) is 19.2 Å². The number of nitrogens with zero attached hydrogens (tertiary/aromatic N) is 1. The van der Waals surface area contributed by atoms with Gasteiger partial charge in [-0.2, -0.15) is 0 Å². The third-order valence-corrected chi connectivity index (χ3v) is 1.05. The number of hydrogen-bond acceptors (Lipinski definition) is 3. The molecule has 0 spiro atoms. The molecule has 0 heterocycles. The highest BCUT2D eigenvalue weighted by Crippen LogP contribution is 2.00. The summed E-state index contributed by atoms with van der Waals surface area (Å²) >= 11 is 0. The van der Waals surface area contributed by atoms with Gasteiger partial charge in [0, 0.05) is 17.8 Å². The van der Waals surface area contributed by atoms with E-state index in [0.29, 0.717) is 0 Å². The van der Waals surface area contributed by atoms with Gasteiger partial charge in [-0.3, -0.25) is 10.1 Å². The Hall–Kier alpha value is -1.84. The van der Waals surface area contributed by atoms with Crippen molar-refractivity contribution in [3.63, 3.8) is 0 Å². The van der Waals surface area contributed by atoms with Crippen molar-refractivity contribution in [2.24, 2.45) is 5.73 Å². The first-order valence-electron chi connectivity index (χ1n) is 3.18. The van der Waals surface area contributed by atoms with Crippen LogP contribution in [0.5, 0.6) is 0 Å². The van der Waals surface area contributed by atoms with E-state index in [1.807, 2.05) is 0 Å². The monoisotopic (exact) mass is 166 g/mol. The third kappa shape index (κ3) is 3.36. The van der Waals surface area contributed by atoms with Crippen LogP contribution in [0.25, 0.3) is 0 Å². The molecular weight excluding hydrogens is 156 g/mol. The molecule has 0 rings (SSSR count). The van der Waals surface area contributed by atoms with Crippen LogP contribution >= 0.6 is 0 Å². The lowest BCUT2D eigenvalue weighted by atomic mass is 10.3. The van der Waals surface area contributed by atoms with E-state index in [9.17, 15) is 10.1 Å². The van der Waals surface area contributed by atoms with E-state index in [2.05, 4.69) is 13.2 Å². The predicted molar refractivity (Wildman–Crippen MR) is 47.7 cm³/mol. The molecule has 0 amide bonds. The second-order valence-electron chi connectivity index (χ2n) is 1.93. The van der Waals surface area contributed by atoms with E-state index >= 15 is 0 Å². The molecule has 12 heavy (non-hydrogen) atoms. The van der Waals surface area contributed by atoms with Crippen LogP contribution in [-0.2, 0) is 0 Å². The average molecular weight is 166 g/mol. The van der Waals surface area contributed by atoms with E-state index in [1.165, 1.54) is 24.3 Å². The van der Waals surface area contributed by atoms with E-state index in [0.717, 1.165) is 0 Å². The number of nitrogens with two attached hydrogens (primary N) is 1. The predicted octanol–water partition coefficient (Wildman–Crippen LogP) is 1.36. The summed E-state index contributed by atoms with van der Waals surface area (Å²) in [5, 5.41) is 10.3. The summed E-state index contributed by atoms with van der Waals surface area (Å²) in [7, 11) is 0. The third-order valence-electron chi connectivity index (χ3n) is 1.05. The molecule has 0 aliphatic carbocycles. The van der Waals surface area contributed by atoms with Gasteiger partial charge < -0.3 is 5.73 Å². The van der Waals surface area contributed by atoms with Crippen LogP contribution in [0.1, 0.15) is 0 Å². The maximum Gasteiger partial charge on any atom is 0.271 e. The molecule has 64 valence electrons. The molecule has 4 nitrogen and oxygen atoms in total. The Kier molecular flexibility index (Phi) is 4.15. The van der Waals surface area contributed by atoms with Crippen LogP contribution in [0, 0.1) is 10.1 Å². The lowest BCUT2D eigenvalue weighted by molar-refractivity contribution is -0.419. The minimum atomic E-state index is -0.544. The SMILES string of the molecule is C=C/C=C(\C=C(\N)C=C)[N+](=O)[O-]. The number of rotatable bonds is 4. The average Bonchev–Trinajstić information content (AvgIpc) is 2.03. The van der Waals surface area contributed by atoms with Crippen LogP contribution in [-0.4, -0.2) is 4.92 Å². The molecule has 0 aromatic rings. The van der Waals surface area contributed by atoms with Gasteiger partial charge in [-0.25, -0.2) is 0 Å². The van der Waals surface area contributed by atoms with Gasteiger partial charge in [-0.15, -0.1) is 0 Å². The molecule has 0 aliphatic heterocycles. The summed E-state index contributed by atoms with van der Waals surface area (Å²) in [6.45, 7) is 6.70. The Bertz CT molecular complexity index is 264. The van der Waals surface area contributed by atoms with Crippen molar-refractivity contribution in [1.29, 1.82) is 0 Å². The molecule has 0 bridgehead atoms. The quantitative estimate of drug-likeness (QED) is 0.389. The van der Waals surface area contributed by atoms with Gasteiger partial charge in [0.05, 0.1) is 4.92 Å². The van der Waals surface area contributed by atoms with Crippen molar-refractivity contribution >= 4 is 0 Å². The van der Waals surface area contributed by atoms with E-state index in [4.69, 9.17) is 5.73 Å². The summed E-state index contributed by atoms with van der Waals surface area (Å²) in [6, 6.07) is 0. The Morgan fingerprint density at radius 3 is 2.42 bits per heavy atom. The highest BCUT2D eigenvalue weighted by atomic mass is 16.6. The molecule has 0 radical (unpaired) electrons. The largest absolute Gasteiger partial charge is 0.399 e. The second kappa shape index (κ2) is 4.90. The maximum atomic E-state index is 10.3. The minimum absolute atomic E-state index is 0.109. The van der Waals surface area contributed by atoms with E-state index < -0.39 is 4.92 Å². The number of allylic oxidation sites excluding steroid dienone is 4. The summed E-state index contributed by atoms with van der Waals surface area (Å²) in [5.41, 5.74) is 5.45. The molecule has 0 fully saturated rings. The first-order chi connectivity index (χ1) is 5.61. The summed E-state index contributed by atoms with van der Waals surface area (Å²) in [5.74, 6) is 0. The normalized spacial score (nSPS) is 12.3. The fourth-order valence-electron chi connectivity index (χ4n) is 0.512. The molecule has 0 saturated carbocycles. The van der Waals surface area contributed by atoms with Crippen molar-refractivity contribution < 1.29 is 4.92 Å². The summed E-state index contributed by atoms with van der Waals surface area (Å²) in [4.78, 5) is 9.75. The Morgan fingerprint density at radius 2 is 2.08 bits per heavy atom. The summed E-state index contributed by atoms with van der Waals surface area (Å²) < 4.78 is 0. The van der Waals surface area contributed by atoms with Gasteiger partial charge in [0.1, 0.15) is 0 Å². The van der Waals surface area contributed by atoms with Gasteiger partial charge in [-0.05, 0) is 6.08 Å². The van der Waals surface area contributed by atoms with Crippen LogP contribution in [0.2, 0.25) is 0 Å². The van der Waals surface area contributed by atoms with Crippen molar-refractivity contribution in [2.45, 2.75) is 0 Å². The van der Waals surface area contributed by atoms with Gasteiger partial charge in [0.2, 0.25) is 0 Å². The lowest BCUT2D eigenvalue weighted by Gasteiger charge is -1.91. The zero-order valence-electron chi connectivity index (χ0n) is 6.56. The van der Waals surface area contributed by atoms with E-state index in [-0.39, 0.29) is 11.4 Å². The van der Waals surface area contributed by atoms with Crippen LogP contribution in [0.15, 0.2) is 48.9 Å². The lowest BCUT2D eigenvalue weighted by Crippen LogP contribution is -1.99. The molecule has 0 unspecified atom stereocenters. The topological polar surface area (TPSA) is 69.2 Å².